The Morgan fingerprint density at radius 3 is 2.74 bits per heavy atom. The first-order valence-electron chi connectivity index (χ1n) is 5.94. The number of hydrogen-bond donors (Lipinski definition) is 1. The Morgan fingerprint density at radius 1 is 1.26 bits per heavy atom. The number of aryl methyl sites for hydroxylation is 1. The molecule has 0 unspecified atom stereocenters. The molecular weight excluding hydrogens is 262 g/mol. The molecule has 1 aliphatic rings. The van der Waals surface area contributed by atoms with Crippen LogP contribution in [-0.4, -0.2) is 17.4 Å². The van der Waals surface area contributed by atoms with E-state index in [1.807, 2.05) is 30.0 Å². The van der Waals surface area contributed by atoms with Gasteiger partial charge in [-0.05, 0) is 42.8 Å². The molecule has 1 aromatic carbocycles. The first kappa shape index (κ1) is 12.0. The van der Waals surface area contributed by atoms with Crippen LogP contribution in [0.5, 0.6) is 0 Å². The monoisotopic (exact) mass is 273 g/mol. The summed E-state index contributed by atoms with van der Waals surface area (Å²) < 4.78 is 0. The van der Waals surface area contributed by atoms with Gasteiger partial charge in [0, 0.05) is 16.9 Å². The van der Waals surface area contributed by atoms with Gasteiger partial charge >= 0.3 is 0 Å². The lowest BCUT2D eigenvalue weighted by atomic mass is 10.1. The average molecular weight is 274 g/mol. The number of amides is 1. The Balaban J connectivity index is 2.11. The number of aromatic nitrogens is 1. The van der Waals surface area contributed by atoms with Crippen LogP contribution in [0.25, 0.3) is 0 Å². The van der Waals surface area contributed by atoms with Crippen molar-refractivity contribution in [3.8, 4) is 0 Å². The van der Waals surface area contributed by atoms with E-state index in [-0.39, 0.29) is 12.5 Å². The summed E-state index contributed by atoms with van der Waals surface area (Å²) >= 11 is 5.89. The Hall–Kier alpha value is -2.07. The standard InChI is InChI=1S/C14H12ClN3O/c1-9-6-7-16-14-13(9)17-12(19)8-18(14)11-4-2-10(15)3-5-11/h2-7H,8H2,1H3,(H,17,19). The van der Waals surface area contributed by atoms with E-state index in [9.17, 15) is 4.79 Å². The lowest BCUT2D eigenvalue weighted by Crippen LogP contribution is -2.36. The van der Waals surface area contributed by atoms with E-state index in [4.69, 9.17) is 11.6 Å². The molecule has 2 aromatic rings. The maximum atomic E-state index is 11.8. The van der Waals surface area contributed by atoms with Gasteiger partial charge in [-0.2, -0.15) is 0 Å². The number of fused-ring (bicyclic) bond motifs is 1. The molecule has 0 bridgehead atoms. The minimum Gasteiger partial charge on any atom is -0.321 e. The molecule has 5 heteroatoms. The highest BCUT2D eigenvalue weighted by Crippen LogP contribution is 2.35. The van der Waals surface area contributed by atoms with Crippen molar-refractivity contribution in [3.63, 3.8) is 0 Å². The third-order valence-electron chi connectivity index (χ3n) is 3.10. The van der Waals surface area contributed by atoms with Gasteiger partial charge in [-0.15, -0.1) is 0 Å². The van der Waals surface area contributed by atoms with Gasteiger partial charge in [-0.1, -0.05) is 11.6 Å². The molecule has 0 fully saturated rings. The summed E-state index contributed by atoms with van der Waals surface area (Å²) in [5.41, 5.74) is 2.67. The summed E-state index contributed by atoms with van der Waals surface area (Å²) in [6, 6.07) is 9.26. The number of benzene rings is 1. The molecule has 1 aliphatic heterocycles. The highest BCUT2D eigenvalue weighted by atomic mass is 35.5. The minimum absolute atomic E-state index is 0.0430. The Morgan fingerprint density at radius 2 is 2.00 bits per heavy atom. The van der Waals surface area contributed by atoms with Crippen LogP contribution in [0.4, 0.5) is 17.2 Å². The van der Waals surface area contributed by atoms with Crippen LogP contribution in [0.1, 0.15) is 5.56 Å². The fourth-order valence-electron chi connectivity index (χ4n) is 2.14. The summed E-state index contributed by atoms with van der Waals surface area (Å²) in [5.74, 6) is 0.723. The first-order valence-corrected chi connectivity index (χ1v) is 6.31. The van der Waals surface area contributed by atoms with Gasteiger partial charge in [-0.3, -0.25) is 4.79 Å². The second kappa shape index (κ2) is 4.55. The SMILES string of the molecule is Cc1ccnc2c1NC(=O)CN2c1ccc(Cl)cc1. The van der Waals surface area contributed by atoms with Crippen LogP contribution in [-0.2, 0) is 4.79 Å². The summed E-state index contributed by atoms with van der Waals surface area (Å²) in [7, 11) is 0. The summed E-state index contributed by atoms with van der Waals surface area (Å²) in [6.07, 6.45) is 1.74. The van der Waals surface area contributed by atoms with Gasteiger partial charge in [0.1, 0.15) is 6.54 Å². The van der Waals surface area contributed by atoms with Crippen molar-refractivity contribution in [3.05, 3.63) is 47.1 Å². The summed E-state index contributed by atoms with van der Waals surface area (Å²) in [6.45, 7) is 2.21. The second-order valence-corrected chi connectivity index (χ2v) is 4.87. The zero-order valence-electron chi connectivity index (χ0n) is 10.4. The molecule has 1 amide bonds. The predicted octanol–water partition coefficient (Wildman–Crippen LogP) is 3.13. The molecule has 2 heterocycles. The number of nitrogens with zero attached hydrogens (tertiary/aromatic N) is 2. The van der Waals surface area contributed by atoms with Crippen molar-refractivity contribution in [2.24, 2.45) is 0 Å². The highest BCUT2D eigenvalue weighted by Gasteiger charge is 2.25. The molecule has 1 N–H and O–H groups in total. The Kier molecular flexibility index (Phi) is 2.87. The second-order valence-electron chi connectivity index (χ2n) is 4.44. The van der Waals surface area contributed by atoms with Gasteiger partial charge in [0.2, 0.25) is 5.91 Å². The first-order chi connectivity index (χ1) is 9.15. The molecule has 0 spiro atoms. The van der Waals surface area contributed by atoms with Gasteiger partial charge in [0.25, 0.3) is 0 Å². The molecule has 3 rings (SSSR count). The van der Waals surface area contributed by atoms with Gasteiger partial charge in [0.15, 0.2) is 5.82 Å². The predicted molar refractivity (Wildman–Crippen MR) is 76.1 cm³/mol. The number of anilines is 3. The van der Waals surface area contributed by atoms with E-state index in [0.29, 0.717) is 5.02 Å². The van der Waals surface area contributed by atoms with Crippen LogP contribution >= 0.6 is 11.6 Å². The molecule has 0 radical (unpaired) electrons. The number of carbonyl (C=O) groups is 1. The number of nitrogens with one attached hydrogen (secondary N) is 1. The third kappa shape index (κ3) is 2.15. The quantitative estimate of drug-likeness (QED) is 0.868. The van der Waals surface area contributed by atoms with E-state index in [1.54, 1.807) is 18.3 Å². The normalized spacial score (nSPS) is 14.0. The van der Waals surface area contributed by atoms with Gasteiger partial charge < -0.3 is 10.2 Å². The lowest BCUT2D eigenvalue weighted by Gasteiger charge is -2.30. The van der Waals surface area contributed by atoms with E-state index in [2.05, 4.69) is 10.3 Å². The Bertz CT molecular complexity index is 640. The van der Waals surface area contributed by atoms with Crippen molar-refractivity contribution in [1.82, 2.24) is 4.98 Å². The number of hydrogen-bond acceptors (Lipinski definition) is 3. The van der Waals surface area contributed by atoms with Crippen molar-refractivity contribution >= 4 is 34.7 Å². The number of halogens is 1. The number of pyridine rings is 1. The fraction of sp³-hybridized carbons (Fsp3) is 0.143. The average Bonchev–Trinajstić information content (AvgIpc) is 2.40. The lowest BCUT2D eigenvalue weighted by molar-refractivity contribution is -0.115. The van der Waals surface area contributed by atoms with Crippen molar-refractivity contribution in [2.45, 2.75) is 6.92 Å². The van der Waals surface area contributed by atoms with Crippen molar-refractivity contribution in [2.75, 3.05) is 16.8 Å². The smallest absolute Gasteiger partial charge is 0.244 e. The van der Waals surface area contributed by atoms with E-state index in [1.165, 1.54) is 0 Å². The molecule has 19 heavy (non-hydrogen) atoms. The molecule has 0 saturated carbocycles. The molecule has 4 nitrogen and oxygen atoms in total. The van der Waals surface area contributed by atoms with Gasteiger partial charge in [0.05, 0.1) is 5.69 Å². The van der Waals surface area contributed by atoms with E-state index < -0.39 is 0 Å². The molecule has 0 aliphatic carbocycles. The zero-order valence-corrected chi connectivity index (χ0v) is 11.1. The number of carbonyl (C=O) groups excluding carboxylic acids is 1. The van der Waals surface area contributed by atoms with Crippen molar-refractivity contribution in [1.29, 1.82) is 0 Å². The van der Waals surface area contributed by atoms with Crippen LogP contribution in [0, 0.1) is 6.92 Å². The van der Waals surface area contributed by atoms with Gasteiger partial charge in [-0.25, -0.2) is 4.98 Å². The van der Waals surface area contributed by atoms with Crippen LogP contribution in [0.3, 0.4) is 0 Å². The third-order valence-corrected chi connectivity index (χ3v) is 3.35. The summed E-state index contributed by atoms with van der Waals surface area (Å²) in [5, 5.41) is 3.54. The van der Waals surface area contributed by atoms with Crippen molar-refractivity contribution < 1.29 is 4.79 Å². The highest BCUT2D eigenvalue weighted by molar-refractivity contribution is 6.30. The number of rotatable bonds is 1. The van der Waals surface area contributed by atoms with E-state index >= 15 is 0 Å². The molecular formula is C14H12ClN3O. The molecule has 1 aromatic heterocycles. The molecule has 0 saturated heterocycles. The zero-order chi connectivity index (χ0) is 13.4. The topological polar surface area (TPSA) is 45.2 Å². The Labute approximate surface area is 116 Å². The maximum absolute atomic E-state index is 11.8. The molecule has 0 atom stereocenters. The summed E-state index contributed by atoms with van der Waals surface area (Å²) in [4.78, 5) is 18.1. The van der Waals surface area contributed by atoms with Crippen LogP contribution in [0.2, 0.25) is 5.02 Å². The fourth-order valence-corrected chi connectivity index (χ4v) is 2.26. The largest absolute Gasteiger partial charge is 0.321 e. The van der Waals surface area contributed by atoms with E-state index in [0.717, 1.165) is 22.8 Å². The maximum Gasteiger partial charge on any atom is 0.244 e. The van der Waals surface area contributed by atoms with Crippen LogP contribution in [0.15, 0.2) is 36.5 Å². The minimum atomic E-state index is -0.0430. The van der Waals surface area contributed by atoms with Crippen LogP contribution < -0.4 is 10.2 Å². The molecule has 96 valence electrons.